The van der Waals surface area contributed by atoms with Gasteiger partial charge >= 0.3 is 5.97 Å². The minimum atomic E-state index is -0.667. The van der Waals surface area contributed by atoms with E-state index in [1.54, 1.807) is 12.1 Å². The molecule has 1 amide bonds. The van der Waals surface area contributed by atoms with Crippen LogP contribution in [0.5, 0.6) is 11.5 Å². The molecule has 8 nitrogen and oxygen atoms in total. The van der Waals surface area contributed by atoms with E-state index in [4.69, 9.17) is 24.7 Å². The second-order valence-corrected chi connectivity index (χ2v) is 6.07. The second kappa shape index (κ2) is 13.8. The second-order valence-electron chi connectivity index (χ2n) is 6.07. The number of esters is 1. The maximum atomic E-state index is 12.3. The van der Waals surface area contributed by atoms with Crippen molar-refractivity contribution < 1.29 is 23.8 Å². The molecule has 8 heteroatoms. The van der Waals surface area contributed by atoms with Gasteiger partial charge in [0.05, 0.1) is 43.8 Å². The van der Waals surface area contributed by atoms with E-state index in [9.17, 15) is 9.59 Å². The molecule has 0 N–H and O–H groups in total. The van der Waals surface area contributed by atoms with Crippen LogP contribution in [-0.4, -0.2) is 49.7 Å². The monoisotopic (exact) mass is 401 g/mol. The highest BCUT2D eigenvalue weighted by molar-refractivity contribution is 5.92. The Morgan fingerprint density at radius 3 is 2.31 bits per heavy atom. The molecule has 0 aliphatic heterocycles. The van der Waals surface area contributed by atoms with Crippen LogP contribution in [0.2, 0.25) is 0 Å². The van der Waals surface area contributed by atoms with E-state index in [1.165, 1.54) is 11.0 Å². The van der Waals surface area contributed by atoms with E-state index in [1.807, 2.05) is 19.1 Å². The quantitative estimate of drug-likeness (QED) is 0.369. The van der Waals surface area contributed by atoms with Gasteiger partial charge in [-0.1, -0.05) is 13.3 Å². The lowest BCUT2D eigenvalue weighted by atomic mass is 10.2. The molecule has 156 valence electrons. The third-order valence-corrected chi connectivity index (χ3v) is 3.90. The third-order valence-electron chi connectivity index (χ3n) is 3.90. The number of carbonyl (C=O) groups is 2. The Balaban J connectivity index is 2.74. The Hall–Kier alpha value is -3.26. The number of ether oxygens (including phenoxy) is 3. The van der Waals surface area contributed by atoms with Crippen LogP contribution in [0.25, 0.3) is 0 Å². The summed E-state index contributed by atoms with van der Waals surface area (Å²) in [7, 11) is 0. The van der Waals surface area contributed by atoms with E-state index < -0.39 is 18.5 Å². The van der Waals surface area contributed by atoms with Gasteiger partial charge in [-0.15, -0.1) is 0 Å². The first kappa shape index (κ1) is 23.8. The lowest BCUT2D eigenvalue weighted by molar-refractivity contribution is -0.134. The molecule has 1 rings (SSSR count). The van der Waals surface area contributed by atoms with Gasteiger partial charge in [-0.2, -0.15) is 10.5 Å². The first-order valence-electron chi connectivity index (χ1n) is 9.65. The Morgan fingerprint density at radius 1 is 1.03 bits per heavy atom. The van der Waals surface area contributed by atoms with Crippen LogP contribution in [0.1, 0.15) is 49.9 Å². The minimum absolute atomic E-state index is 0.141. The first-order chi connectivity index (χ1) is 14.1. The van der Waals surface area contributed by atoms with Gasteiger partial charge in [-0.05, 0) is 31.5 Å². The molecule has 1 aromatic rings. The Kier molecular flexibility index (Phi) is 11.3. The van der Waals surface area contributed by atoms with Crippen molar-refractivity contribution in [3.8, 4) is 23.6 Å². The van der Waals surface area contributed by atoms with Gasteiger partial charge in [0.1, 0.15) is 0 Å². The summed E-state index contributed by atoms with van der Waals surface area (Å²) in [5, 5.41) is 17.4. The van der Waals surface area contributed by atoms with Crippen LogP contribution >= 0.6 is 0 Å². The molecule has 0 heterocycles. The topological polar surface area (TPSA) is 113 Å². The van der Waals surface area contributed by atoms with Crippen molar-refractivity contribution in [1.82, 2.24) is 4.90 Å². The molecule has 0 unspecified atom stereocenters. The van der Waals surface area contributed by atoms with Gasteiger partial charge in [-0.25, -0.2) is 4.79 Å². The number of nitrogens with zero attached hydrogens (tertiary/aromatic N) is 3. The molecule has 0 aliphatic rings. The van der Waals surface area contributed by atoms with Crippen molar-refractivity contribution in [2.45, 2.75) is 39.5 Å². The molecule has 0 aromatic heterocycles. The molecule has 0 spiro atoms. The highest BCUT2D eigenvalue weighted by Crippen LogP contribution is 2.29. The molecular formula is C21H27N3O5. The molecule has 0 bridgehead atoms. The van der Waals surface area contributed by atoms with E-state index in [0.717, 1.165) is 12.8 Å². The standard InChI is InChI=1S/C21H27N3O5/c1-3-5-14-28-18-9-8-17(15-19(18)27-4-2)21(26)29-16-20(25)24(12-6-10-22)13-7-11-23/h8-9,15H,3-7,12-14,16H2,1-2H3. The summed E-state index contributed by atoms with van der Waals surface area (Å²) < 4.78 is 16.3. The lowest BCUT2D eigenvalue weighted by Gasteiger charge is -2.20. The summed E-state index contributed by atoms with van der Waals surface area (Å²) in [6.07, 6.45) is 2.19. The van der Waals surface area contributed by atoms with Crippen LogP contribution in [0, 0.1) is 22.7 Å². The number of benzene rings is 1. The average Bonchev–Trinajstić information content (AvgIpc) is 2.73. The predicted molar refractivity (Wildman–Crippen MR) is 105 cm³/mol. The Labute approximate surface area is 171 Å². The van der Waals surface area contributed by atoms with Crippen molar-refractivity contribution in [1.29, 1.82) is 10.5 Å². The number of nitriles is 2. The largest absolute Gasteiger partial charge is 0.490 e. The Morgan fingerprint density at radius 2 is 1.72 bits per heavy atom. The molecule has 0 radical (unpaired) electrons. The summed E-state index contributed by atoms with van der Waals surface area (Å²) in [5.41, 5.74) is 0.240. The fourth-order valence-corrected chi connectivity index (χ4v) is 2.38. The van der Waals surface area contributed by atoms with Crippen LogP contribution < -0.4 is 9.47 Å². The fraction of sp³-hybridized carbons (Fsp3) is 0.524. The number of rotatable bonds is 13. The smallest absolute Gasteiger partial charge is 0.338 e. The molecule has 0 saturated carbocycles. The fourth-order valence-electron chi connectivity index (χ4n) is 2.38. The van der Waals surface area contributed by atoms with Gasteiger partial charge in [0.2, 0.25) is 0 Å². The molecular weight excluding hydrogens is 374 g/mol. The van der Waals surface area contributed by atoms with Crippen LogP contribution in [0.4, 0.5) is 0 Å². The van der Waals surface area contributed by atoms with Gasteiger partial charge in [-0.3, -0.25) is 4.79 Å². The summed E-state index contributed by atoms with van der Waals surface area (Å²) in [6, 6.07) is 8.63. The van der Waals surface area contributed by atoms with Crippen molar-refractivity contribution in [2.24, 2.45) is 0 Å². The van der Waals surface area contributed by atoms with Gasteiger partial charge in [0.25, 0.3) is 5.91 Å². The minimum Gasteiger partial charge on any atom is -0.490 e. The molecule has 29 heavy (non-hydrogen) atoms. The number of carbonyl (C=O) groups excluding carboxylic acids is 2. The highest BCUT2D eigenvalue weighted by Gasteiger charge is 2.18. The van der Waals surface area contributed by atoms with E-state index in [2.05, 4.69) is 6.92 Å². The normalized spacial score (nSPS) is 9.79. The lowest BCUT2D eigenvalue weighted by Crippen LogP contribution is -2.36. The van der Waals surface area contributed by atoms with Gasteiger partial charge in [0, 0.05) is 13.1 Å². The maximum Gasteiger partial charge on any atom is 0.338 e. The predicted octanol–water partition coefficient (Wildman–Crippen LogP) is 3.08. The SMILES string of the molecule is CCCCOc1ccc(C(=O)OCC(=O)N(CCC#N)CCC#N)cc1OCC. The van der Waals surface area contributed by atoms with Crippen molar-refractivity contribution in [2.75, 3.05) is 32.9 Å². The van der Waals surface area contributed by atoms with Crippen LogP contribution in [-0.2, 0) is 9.53 Å². The number of unbranched alkanes of at least 4 members (excludes halogenated alkanes) is 1. The zero-order valence-corrected chi connectivity index (χ0v) is 17.0. The van der Waals surface area contributed by atoms with Gasteiger partial charge < -0.3 is 19.1 Å². The zero-order valence-electron chi connectivity index (χ0n) is 17.0. The summed E-state index contributed by atoms with van der Waals surface area (Å²) in [6.45, 7) is 4.77. The van der Waals surface area contributed by atoms with Crippen LogP contribution in [0.15, 0.2) is 18.2 Å². The average molecular weight is 401 g/mol. The highest BCUT2D eigenvalue weighted by atomic mass is 16.5. The molecule has 0 atom stereocenters. The number of hydrogen-bond donors (Lipinski definition) is 0. The molecule has 0 saturated heterocycles. The number of amides is 1. The van der Waals surface area contributed by atoms with E-state index in [0.29, 0.717) is 24.7 Å². The van der Waals surface area contributed by atoms with E-state index >= 15 is 0 Å². The maximum absolute atomic E-state index is 12.3. The summed E-state index contributed by atoms with van der Waals surface area (Å²) in [4.78, 5) is 25.9. The summed E-state index contributed by atoms with van der Waals surface area (Å²) >= 11 is 0. The number of hydrogen-bond acceptors (Lipinski definition) is 7. The molecule has 0 aliphatic carbocycles. The van der Waals surface area contributed by atoms with Crippen LogP contribution in [0.3, 0.4) is 0 Å². The van der Waals surface area contributed by atoms with E-state index in [-0.39, 0.29) is 31.5 Å². The first-order valence-corrected chi connectivity index (χ1v) is 9.65. The molecule has 0 fully saturated rings. The van der Waals surface area contributed by atoms with Crippen molar-refractivity contribution in [3.05, 3.63) is 23.8 Å². The van der Waals surface area contributed by atoms with Crippen molar-refractivity contribution >= 4 is 11.9 Å². The third kappa shape index (κ3) is 8.52. The Bertz CT molecular complexity index is 734. The zero-order chi connectivity index (χ0) is 21.5. The van der Waals surface area contributed by atoms with Crippen molar-refractivity contribution in [3.63, 3.8) is 0 Å². The summed E-state index contributed by atoms with van der Waals surface area (Å²) in [5.74, 6) is -0.130. The molecule has 1 aromatic carbocycles. The van der Waals surface area contributed by atoms with Gasteiger partial charge in [0.15, 0.2) is 18.1 Å².